The molecular weight excluding hydrogens is 877 g/mol. The first kappa shape index (κ1) is 62.4. The summed E-state index contributed by atoms with van der Waals surface area (Å²) in [4.78, 5) is 50.7. The van der Waals surface area contributed by atoms with Crippen molar-refractivity contribution in [2.24, 2.45) is 0 Å². The van der Waals surface area contributed by atoms with Gasteiger partial charge in [-0.1, -0.05) is 182 Å². The largest absolute Gasteiger partial charge is 0.479 e. The quantitative estimate of drug-likeness (QED) is 0.0229. The van der Waals surface area contributed by atoms with Gasteiger partial charge in [-0.15, -0.1) is 0 Å². The minimum Gasteiger partial charge on any atom is -0.479 e. The Morgan fingerprint density at radius 2 is 0.942 bits per heavy atom. The molecule has 1 saturated heterocycles. The van der Waals surface area contributed by atoms with Crippen molar-refractivity contribution in [1.82, 2.24) is 0 Å². The summed E-state index contributed by atoms with van der Waals surface area (Å²) in [6.07, 6.45) is 46.8. The van der Waals surface area contributed by atoms with Gasteiger partial charge in [0.2, 0.25) is 0 Å². The van der Waals surface area contributed by atoms with Gasteiger partial charge in [0.15, 0.2) is 24.6 Å². The van der Waals surface area contributed by atoms with Gasteiger partial charge in [0.1, 0.15) is 18.8 Å². The molecule has 0 bridgehead atoms. The highest BCUT2D eigenvalue weighted by Gasteiger charge is 2.50. The van der Waals surface area contributed by atoms with E-state index in [1.807, 2.05) is 24.3 Å². The molecule has 1 rings (SSSR count). The number of aliphatic hydroxyl groups excluding tert-OH is 2. The lowest BCUT2D eigenvalue weighted by atomic mass is 9.98. The van der Waals surface area contributed by atoms with E-state index in [1.165, 1.54) is 25.7 Å². The number of ether oxygens (including phenoxy) is 5. The lowest BCUT2D eigenvalue weighted by Gasteiger charge is -2.40. The van der Waals surface area contributed by atoms with Crippen LogP contribution in [0.25, 0.3) is 0 Å². The number of esters is 3. The van der Waals surface area contributed by atoms with Crippen LogP contribution < -0.4 is 0 Å². The number of rotatable bonds is 41. The fraction of sp³-hybridized carbons (Fsp3) is 0.614. The molecule has 0 radical (unpaired) electrons. The van der Waals surface area contributed by atoms with Crippen LogP contribution >= 0.6 is 0 Å². The topological polar surface area (TPSA) is 175 Å². The van der Waals surface area contributed by atoms with E-state index in [4.69, 9.17) is 23.7 Å². The summed E-state index contributed by atoms with van der Waals surface area (Å²) in [5, 5.41) is 31.3. The fourth-order valence-corrected chi connectivity index (χ4v) is 6.94. The molecule has 0 saturated carbocycles. The second kappa shape index (κ2) is 44.6. The molecule has 0 amide bonds. The first-order valence-electron chi connectivity index (χ1n) is 25.9. The number of unbranched alkanes of at least 4 members (excludes halogenated alkanes) is 9. The third kappa shape index (κ3) is 35.2. The van der Waals surface area contributed by atoms with Gasteiger partial charge in [-0.2, -0.15) is 0 Å². The van der Waals surface area contributed by atoms with Crippen LogP contribution in [0.3, 0.4) is 0 Å². The summed E-state index contributed by atoms with van der Waals surface area (Å²) in [6, 6.07) is 0. The van der Waals surface area contributed by atoms with Crippen LogP contribution in [-0.4, -0.2) is 89.2 Å². The molecule has 0 aromatic carbocycles. The van der Waals surface area contributed by atoms with Gasteiger partial charge in [-0.05, 0) is 83.5 Å². The zero-order chi connectivity index (χ0) is 50.4. The SMILES string of the molecule is CC/C=C\C/C=C\C/C=C\C/C=C\C/C=C\CCCC(=O)OC1C(OCC(COC(=O)CC/C=C\C/C=C\C/C=C\C/C=C\CC)OC(=O)CCCCCCCCCCC)OC(C(=O)O)C(O)C1O. The summed E-state index contributed by atoms with van der Waals surface area (Å²) >= 11 is 0. The van der Waals surface area contributed by atoms with Gasteiger partial charge in [0.05, 0.1) is 6.61 Å². The van der Waals surface area contributed by atoms with Gasteiger partial charge < -0.3 is 39.0 Å². The van der Waals surface area contributed by atoms with Gasteiger partial charge in [0, 0.05) is 19.3 Å². The van der Waals surface area contributed by atoms with Crippen molar-refractivity contribution in [2.75, 3.05) is 13.2 Å². The van der Waals surface area contributed by atoms with Gasteiger partial charge in [0.25, 0.3) is 0 Å². The number of allylic oxidation sites excluding steroid dienone is 18. The van der Waals surface area contributed by atoms with Crippen LogP contribution in [0.5, 0.6) is 0 Å². The number of hydrogen-bond donors (Lipinski definition) is 3. The Labute approximate surface area is 415 Å². The molecule has 6 atom stereocenters. The first-order chi connectivity index (χ1) is 33.6. The fourth-order valence-electron chi connectivity index (χ4n) is 6.94. The Morgan fingerprint density at radius 3 is 1.43 bits per heavy atom. The Morgan fingerprint density at radius 1 is 0.493 bits per heavy atom. The number of aliphatic hydroxyl groups is 2. The van der Waals surface area contributed by atoms with Crippen molar-refractivity contribution in [2.45, 2.75) is 212 Å². The van der Waals surface area contributed by atoms with E-state index in [9.17, 15) is 34.5 Å². The normalized spacial score (nSPS) is 19.6. The third-order valence-corrected chi connectivity index (χ3v) is 10.9. The molecule has 6 unspecified atom stereocenters. The minimum absolute atomic E-state index is 0.0291. The van der Waals surface area contributed by atoms with Gasteiger partial charge in [-0.25, -0.2) is 4.79 Å². The molecule has 12 heteroatoms. The second-order valence-corrected chi connectivity index (χ2v) is 17.0. The van der Waals surface area contributed by atoms with Crippen molar-refractivity contribution < 1.29 is 58.2 Å². The zero-order valence-corrected chi connectivity index (χ0v) is 42.3. The van der Waals surface area contributed by atoms with Crippen LogP contribution in [0.1, 0.15) is 175 Å². The average Bonchev–Trinajstić information content (AvgIpc) is 3.33. The molecular formula is C57H88O12. The molecule has 1 heterocycles. The minimum atomic E-state index is -1.93. The predicted octanol–water partition coefficient (Wildman–Crippen LogP) is 12.3. The Balaban J connectivity index is 2.79. The summed E-state index contributed by atoms with van der Waals surface area (Å²) in [7, 11) is 0. The molecule has 1 aliphatic heterocycles. The highest BCUT2D eigenvalue weighted by atomic mass is 16.7. The van der Waals surface area contributed by atoms with E-state index in [2.05, 4.69) is 106 Å². The maximum absolute atomic E-state index is 13.0. The van der Waals surface area contributed by atoms with E-state index < -0.39 is 67.3 Å². The Bertz CT molecular complexity index is 1620. The number of hydrogen-bond acceptors (Lipinski definition) is 11. The van der Waals surface area contributed by atoms with Crippen LogP contribution in [-0.2, 0) is 42.9 Å². The van der Waals surface area contributed by atoms with Gasteiger partial charge in [-0.3, -0.25) is 14.4 Å². The lowest BCUT2D eigenvalue weighted by Crippen LogP contribution is -2.61. The molecule has 0 aromatic rings. The smallest absolute Gasteiger partial charge is 0.335 e. The molecule has 0 aromatic heterocycles. The van der Waals surface area contributed by atoms with Crippen molar-refractivity contribution in [1.29, 1.82) is 0 Å². The van der Waals surface area contributed by atoms with Crippen molar-refractivity contribution in [3.63, 3.8) is 0 Å². The van der Waals surface area contributed by atoms with Crippen LogP contribution in [0.4, 0.5) is 0 Å². The number of carbonyl (C=O) groups is 4. The Hall–Kier alpha value is -4.62. The standard InChI is InChI=1S/C57H88O12/c1-4-7-10-13-16-19-21-23-24-25-26-28-30-33-36-39-42-45-51(60)68-55-53(62)52(61)54(56(63)64)69-57(55)66-47-48(67-50(59)44-41-38-35-31-18-15-12-9-6-3)46-65-49(58)43-40-37-34-32-29-27-22-20-17-14-11-8-5-2/h7-8,10-11,16-17,19-20,23-24,26-29,33-34,36-37,48,52-55,57,61-62H,4-6,9,12-15,18,21-22,25,30-32,35,38-47H2,1-3H3,(H,63,64)/b10-7-,11-8-,19-16-,20-17-,24-23-,28-26-,29-27-,36-33-,37-34-. The van der Waals surface area contributed by atoms with E-state index in [-0.39, 0.29) is 25.9 Å². The van der Waals surface area contributed by atoms with E-state index in [0.717, 1.165) is 83.5 Å². The highest BCUT2D eigenvalue weighted by Crippen LogP contribution is 2.26. The number of aliphatic carboxylic acids is 1. The average molecular weight is 965 g/mol. The van der Waals surface area contributed by atoms with Crippen LogP contribution in [0.2, 0.25) is 0 Å². The molecule has 69 heavy (non-hydrogen) atoms. The highest BCUT2D eigenvalue weighted by molar-refractivity contribution is 5.74. The van der Waals surface area contributed by atoms with E-state index >= 15 is 0 Å². The lowest BCUT2D eigenvalue weighted by molar-refractivity contribution is -0.301. The second-order valence-electron chi connectivity index (χ2n) is 17.0. The predicted molar refractivity (Wildman–Crippen MR) is 275 cm³/mol. The van der Waals surface area contributed by atoms with E-state index in [0.29, 0.717) is 25.7 Å². The first-order valence-corrected chi connectivity index (χ1v) is 25.9. The molecule has 0 aliphatic carbocycles. The molecule has 1 aliphatic rings. The molecule has 1 fully saturated rings. The van der Waals surface area contributed by atoms with Gasteiger partial charge >= 0.3 is 23.9 Å². The summed E-state index contributed by atoms with van der Waals surface area (Å²) < 4.78 is 28.1. The number of carboxylic acid groups (broad SMARTS) is 1. The maximum atomic E-state index is 13.0. The maximum Gasteiger partial charge on any atom is 0.335 e. The van der Waals surface area contributed by atoms with Crippen molar-refractivity contribution in [3.05, 3.63) is 109 Å². The molecule has 388 valence electrons. The zero-order valence-electron chi connectivity index (χ0n) is 42.3. The van der Waals surface area contributed by atoms with Crippen molar-refractivity contribution in [3.8, 4) is 0 Å². The molecule has 3 N–H and O–H groups in total. The molecule has 12 nitrogen and oxygen atoms in total. The van der Waals surface area contributed by atoms with Crippen LogP contribution in [0.15, 0.2) is 109 Å². The molecule has 0 spiro atoms. The van der Waals surface area contributed by atoms with Crippen molar-refractivity contribution >= 4 is 23.9 Å². The summed E-state index contributed by atoms with van der Waals surface area (Å²) in [6.45, 7) is 5.60. The number of carboxylic acids is 1. The Kier molecular flexibility index (Phi) is 40.3. The monoisotopic (exact) mass is 965 g/mol. The van der Waals surface area contributed by atoms with Crippen LogP contribution in [0, 0.1) is 0 Å². The third-order valence-electron chi connectivity index (χ3n) is 10.9. The van der Waals surface area contributed by atoms with E-state index in [1.54, 1.807) is 0 Å². The summed E-state index contributed by atoms with van der Waals surface area (Å²) in [5.74, 6) is -3.33. The number of carbonyl (C=O) groups excluding carboxylic acids is 3. The summed E-state index contributed by atoms with van der Waals surface area (Å²) in [5.41, 5.74) is 0.